The number of pyridine rings is 2. The summed E-state index contributed by atoms with van der Waals surface area (Å²) < 4.78 is 1.05. The van der Waals surface area contributed by atoms with E-state index in [4.69, 9.17) is 0 Å². The van der Waals surface area contributed by atoms with Crippen molar-refractivity contribution >= 4 is 48.8 Å². The minimum atomic E-state index is 0.976. The van der Waals surface area contributed by atoms with E-state index >= 15 is 0 Å². The smallest absolute Gasteiger partial charge is 0.0979 e. The minimum absolute atomic E-state index is 0.976. The number of halogens is 1. The summed E-state index contributed by atoms with van der Waals surface area (Å²) in [5.74, 6) is 0. The highest BCUT2D eigenvalue weighted by atomic mass is 79.9. The number of nitrogens with zero attached hydrogens (tertiary/aromatic N) is 2. The predicted octanol–water partition coefficient (Wildman–Crippen LogP) is 4.03. The molecule has 4 rings (SSSR count). The molecule has 3 heterocycles. The molecule has 0 aliphatic heterocycles. The molecule has 3 nitrogen and oxygen atoms in total. The third kappa shape index (κ3) is 1.24. The second kappa shape index (κ2) is 3.53. The van der Waals surface area contributed by atoms with Crippen molar-refractivity contribution < 1.29 is 0 Å². The molecule has 18 heavy (non-hydrogen) atoms. The molecule has 0 atom stereocenters. The topological polar surface area (TPSA) is 41.6 Å². The molecule has 0 saturated heterocycles. The van der Waals surface area contributed by atoms with Gasteiger partial charge in [0, 0.05) is 22.3 Å². The first-order valence-corrected chi connectivity index (χ1v) is 6.43. The van der Waals surface area contributed by atoms with Gasteiger partial charge in [-0.1, -0.05) is 22.0 Å². The Bertz CT molecular complexity index is 895. The molecule has 0 unspecified atom stereocenters. The van der Waals surface area contributed by atoms with E-state index < -0.39 is 0 Å². The Morgan fingerprint density at radius 3 is 2.61 bits per heavy atom. The van der Waals surface area contributed by atoms with Crippen LogP contribution in [0.5, 0.6) is 0 Å². The van der Waals surface area contributed by atoms with Crippen LogP contribution in [0.3, 0.4) is 0 Å². The highest BCUT2D eigenvalue weighted by Gasteiger charge is 2.11. The van der Waals surface area contributed by atoms with Crippen molar-refractivity contribution in [2.75, 3.05) is 0 Å². The summed E-state index contributed by atoms with van der Waals surface area (Å²) in [5.41, 5.74) is 4.05. The van der Waals surface area contributed by atoms with Crippen molar-refractivity contribution in [3.63, 3.8) is 0 Å². The van der Waals surface area contributed by atoms with Crippen LogP contribution in [0.2, 0.25) is 0 Å². The summed E-state index contributed by atoms with van der Waals surface area (Å²) in [6, 6.07) is 10.1. The van der Waals surface area contributed by atoms with Crippen LogP contribution in [-0.2, 0) is 0 Å². The summed E-state index contributed by atoms with van der Waals surface area (Å²) in [7, 11) is 0. The Morgan fingerprint density at radius 2 is 1.72 bits per heavy atom. The fraction of sp³-hybridized carbons (Fsp3) is 0. The lowest BCUT2D eigenvalue weighted by Crippen LogP contribution is -1.81. The number of aromatic amines is 1. The Labute approximate surface area is 111 Å². The standard InChI is InChI=1S/C14H8BrN3/c15-9-7-11-12(13-8(9)3-1-5-16-13)14-10(18-11)4-2-6-17-14/h1-7,18H. The van der Waals surface area contributed by atoms with Crippen molar-refractivity contribution in [2.45, 2.75) is 0 Å². The quantitative estimate of drug-likeness (QED) is 0.532. The van der Waals surface area contributed by atoms with Gasteiger partial charge in [0.25, 0.3) is 0 Å². The molecule has 86 valence electrons. The first-order chi connectivity index (χ1) is 8.84. The Balaban J connectivity index is 2.39. The first-order valence-electron chi connectivity index (χ1n) is 5.64. The van der Waals surface area contributed by atoms with Crippen LogP contribution in [0.4, 0.5) is 0 Å². The maximum atomic E-state index is 4.50. The van der Waals surface area contributed by atoms with E-state index in [0.717, 1.165) is 37.3 Å². The minimum Gasteiger partial charge on any atom is -0.353 e. The van der Waals surface area contributed by atoms with Gasteiger partial charge in [-0.25, -0.2) is 0 Å². The lowest BCUT2D eigenvalue weighted by molar-refractivity contribution is 1.41. The Hall–Kier alpha value is -1.94. The van der Waals surface area contributed by atoms with Gasteiger partial charge in [-0.3, -0.25) is 9.97 Å². The third-order valence-corrected chi connectivity index (χ3v) is 3.81. The number of hydrogen-bond acceptors (Lipinski definition) is 2. The summed E-state index contributed by atoms with van der Waals surface area (Å²) in [6.07, 6.45) is 3.63. The van der Waals surface area contributed by atoms with Crippen LogP contribution in [0.1, 0.15) is 0 Å². The van der Waals surface area contributed by atoms with Crippen LogP contribution in [0.25, 0.3) is 32.8 Å². The van der Waals surface area contributed by atoms with E-state index in [-0.39, 0.29) is 0 Å². The van der Waals surface area contributed by atoms with Crippen molar-refractivity contribution in [2.24, 2.45) is 0 Å². The molecule has 0 spiro atoms. The molecule has 0 aliphatic rings. The number of aromatic nitrogens is 3. The van der Waals surface area contributed by atoms with Gasteiger partial charge in [-0.2, -0.15) is 0 Å². The molecule has 0 amide bonds. The van der Waals surface area contributed by atoms with Crippen LogP contribution in [0, 0.1) is 0 Å². The molecule has 1 aromatic carbocycles. The number of benzene rings is 1. The van der Waals surface area contributed by atoms with Crippen molar-refractivity contribution in [3.8, 4) is 0 Å². The van der Waals surface area contributed by atoms with E-state index in [9.17, 15) is 0 Å². The second-order valence-corrected chi connectivity index (χ2v) is 5.06. The zero-order valence-corrected chi connectivity index (χ0v) is 10.9. The molecule has 4 heteroatoms. The summed E-state index contributed by atoms with van der Waals surface area (Å²) in [6.45, 7) is 0. The van der Waals surface area contributed by atoms with Crippen molar-refractivity contribution in [1.82, 2.24) is 15.0 Å². The average Bonchev–Trinajstić information content (AvgIpc) is 2.77. The SMILES string of the molecule is Brc1cc2[nH]c3cccnc3c2c2ncccc12. The highest BCUT2D eigenvalue weighted by molar-refractivity contribution is 9.10. The second-order valence-electron chi connectivity index (χ2n) is 4.21. The highest BCUT2D eigenvalue weighted by Crippen LogP contribution is 2.34. The molecule has 0 saturated carbocycles. The number of hydrogen-bond donors (Lipinski definition) is 1. The molecule has 0 bridgehead atoms. The van der Waals surface area contributed by atoms with E-state index in [1.807, 2.05) is 30.6 Å². The van der Waals surface area contributed by atoms with E-state index in [2.05, 4.69) is 43.0 Å². The molecular weight excluding hydrogens is 290 g/mol. The third-order valence-electron chi connectivity index (χ3n) is 3.16. The molecule has 0 radical (unpaired) electrons. The Morgan fingerprint density at radius 1 is 0.944 bits per heavy atom. The van der Waals surface area contributed by atoms with Gasteiger partial charge in [-0.15, -0.1) is 0 Å². The van der Waals surface area contributed by atoms with Gasteiger partial charge in [0.05, 0.1) is 27.5 Å². The summed E-state index contributed by atoms with van der Waals surface area (Å²) in [4.78, 5) is 12.3. The lowest BCUT2D eigenvalue weighted by Gasteiger charge is -2.01. The number of H-pyrrole nitrogens is 1. The maximum absolute atomic E-state index is 4.50. The summed E-state index contributed by atoms with van der Waals surface area (Å²) >= 11 is 3.59. The maximum Gasteiger partial charge on any atom is 0.0979 e. The monoisotopic (exact) mass is 297 g/mol. The first kappa shape index (κ1) is 10.0. The Kier molecular flexibility index (Phi) is 1.96. The van der Waals surface area contributed by atoms with Crippen LogP contribution >= 0.6 is 15.9 Å². The molecule has 4 aromatic rings. The predicted molar refractivity (Wildman–Crippen MR) is 76.6 cm³/mol. The van der Waals surface area contributed by atoms with Crippen LogP contribution < -0.4 is 0 Å². The van der Waals surface area contributed by atoms with Gasteiger partial charge in [-0.05, 0) is 24.3 Å². The molecular formula is C14H8BrN3. The van der Waals surface area contributed by atoms with E-state index in [1.165, 1.54) is 0 Å². The van der Waals surface area contributed by atoms with E-state index in [0.29, 0.717) is 0 Å². The van der Waals surface area contributed by atoms with Gasteiger partial charge >= 0.3 is 0 Å². The average molecular weight is 298 g/mol. The zero-order chi connectivity index (χ0) is 12.1. The van der Waals surface area contributed by atoms with Crippen molar-refractivity contribution in [3.05, 3.63) is 47.2 Å². The summed E-state index contributed by atoms with van der Waals surface area (Å²) in [5, 5.41) is 2.20. The molecule has 1 N–H and O–H groups in total. The van der Waals surface area contributed by atoms with Gasteiger partial charge in [0.15, 0.2) is 0 Å². The van der Waals surface area contributed by atoms with Gasteiger partial charge < -0.3 is 4.98 Å². The van der Waals surface area contributed by atoms with Gasteiger partial charge in [0.1, 0.15) is 0 Å². The molecule has 0 fully saturated rings. The zero-order valence-electron chi connectivity index (χ0n) is 9.31. The largest absolute Gasteiger partial charge is 0.353 e. The fourth-order valence-corrected chi connectivity index (χ4v) is 2.94. The van der Waals surface area contributed by atoms with E-state index in [1.54, 1.807) is 0 Å². The van der Waals surface area contributed by atoms with Gasteiger partial charge in [0.2, 0.25) is 0 Å². The van der Waals surface area contributed by atoms with Crippen LogP contribution in [0.15, 0.2) is 47.2 Å². The number of rotatable bonds is 0. The normalized spacial score (nSPS) is 11.6. The lowest BCUT2D eigenvalue weighted by atomic mass is 10.1. The van der Waals surface area contributed by atoms with Crippen molar-refractivity contribution in [1.29, 1.82) is 0 Å². The van der Waals surface area contributed by atoms with Crippen LogP contribution in [-0.4, -0.2) is 15.0 Å². The molecule has 3 aromatic heterocycles. The number of fused-ring (bicyclic) bond motifs is 5. The number of nitrogens with one attached hydrogen (secondary N) is 1. The molecule has 0 aliphatic carbocycles. The fourth-order valence-electron chi connectivity index (χ4n) is 2.39.